The molecule has 82 valence electrons. The van der Waals surface area contributed by atoms with Crippen LogP contribution < -0.4 is 5.73 Å². The number of piperidine rings is 1. The molecule has 14 heavy (non-hydrogen) atoms. The first-order valence-corrected chi connectivity index (χ1v) is 5.79. The van der Waals surface area contributed by atoms with Gasteiger partial charge in [-0.3, -0.25) is 0 Å². The van der Waals surface area contributed by atoms with Gasteiger partial charge in [-0.25, -0.2) is 0 Å². The molecule has 2 fully saturated rings. The SMILES string of the molecule is CC(N)CN1CC2CCC(C1)C2CO. The van der Waals surface area contributed by atoms with Crippen LogP contribution in [0.3, 0.4) is 0 Å². The summed E-state index contributed by atoms with van der Waals surface area (Å²) in [6, 6.07) is 0.278. The van der Waals surface area contributed by atoms with E-state index in [1.807, 2.05) is 0 Å². The topological polar surface area (TPSA) is 49.5 Å². The van der Waals surface area contributed by atoms with Gasteiger partial charge in [-0.15, -0.1) is 0 Å². The lowest BCUT2D eigenvalue weighted by Crippen LogP contribution is -2.46. The Bertz CT molecular complexity index is 182. The molecule has 1 heterocycles. The van der Waals surface area contributed by atoms with E-state index in [9.17, 15) is 5.11 Å². The van der Waals surface area contributed by atoms with Crippen molar-refractivity contribution in [3.8, 4) is 0 Å². The third-order valence-corrected chi connectivity index (χ3v) is 3.86. The number of nitrogens with two attached hydrogens (primary N) is 1. The van der Waals surface area contributed by atoms with E-state index in [4.69, 9.17) is 5.73 Å². The standard InChI is InChI=1S/C11H22N2O/c1-8(12)4-13-5-9-2-3-10(6-13)11(9)7-14/h8-11,14H,2-7,12H2,1H3. The van der Waals surface area contributed by atoms with Crippen LogP contribution in [0, 0.1) is 17.8 Å². The highest BCUT2D eigenvalue weighted by atomic mass is 16.3. The molecule has 1 saturated heterocycles. The van der Waals surface area contributed by atoms with Gasteiger partial charge < -0.3 is 15.7 Å². The van der Waals surface area contributed by atoms with E-state index in [0.717, 1.165) is 31.5 Å². The fourth-order valence-electron chi connectivity index (χ4n) is 3.29. The van der Waals surface area contributed by atoms with Crippen molar-refractivity contribution >= 4 is 0 Å². The van der Waals surface area contributed by atoms with Crippen molar-refractivity contribution in [2.24, 2.45) is 23.5 Å². The molecule has 0 aromatic heterocycles. The van der Waals surface area contributed by atoms with E-state index in [2.05, 4.69) is 11.8 Å². The molecule has 1 aliphatic carbocycles. The zero-order valence-corrected chi connectivity index (χ0v) is 9.02. The minimum absolute atomic E-state index is 0.278. The maximum Gasteiger partial charge on any atom is 0.0465 e. The Labute approximate surface area is 86.3 Å². The summed E-state index contributed by atoms with van der Waals surface area (Å²) in [4.78, 5) is 2.49. The molecule has 1 aliphatic heterocycles. The fourth-order valence-corrected chi connectivity index (χ4v) is 3.29. The van der Waals surface area contributed by atoms with Crippen LogP contribution in [-0.2, 0) is 0 Å². The Morgan fingerprint density at radius 1 is 1.36 bits per heavy atom. The predicted octanol–water partition coefficient (Wildman–Crippen LogP) is 0.284. The Balaban J connectivity index is 1.92. The van der Waals surface area contributed by atoms with Gasteiger partial charge in [0.15, 0.2) is 0 Å². The average Bonchev–Trinajstić information content (AvgIpc) is 2.36. The minimum atomic E-state index is 0.278. The van der Waals surface area contributed by atoms with E-state index in [1.165, 1.54) is 12.8 Å². The monoisotopic (exact) mass is 198 g/mol. The highest BCUT2D eigenvalue weighted by Crippen LogP contribution is 2.41. The molecule has 3 nitrogen and oxygen atoms in total. The number of rotatable bonds is 3. The van der Waals surface area contributed by atoms with Gasteiger partial charge in [0.05, 0.1) is 0 Å². The molecule has 0 aromatic rings. The van der Waals surface area contributed by atoms with Crippen molar-refractivity contribution in [3.63, 3.8) is 0 Å². The van der Waals surface area contributed by atoms with Crippen molar-refractivity contribution < 1.29 is 5.11 Å². The molecule has 3 heteroatoms. The van der Waals surface area contributed by atoms with Gasteiger partial charge in [-0.2, -0.15) is 0 Å². The molecular formula is C11H22N2O. The number of aliphatic hydroxyl groups excluding tert-OH is 1. The van der Waals surface area contributed by atoms with E-state index < -0.39 is 0 Å². The normalized spacial score (nSPS) is 40.1. The minimum Gasteiger partial charge on any atom is -0.396 e. The van der Waals surface area contributed by atoms with E-state index in [1.54, 1.807) is 0 Å². The zero-order chi connectivity index (χ0) is 10.1. The smallest absolute Gasteiger partial charge is 0.0465 e. The number of hydrogen-bond acceptors (Lipinski definition) is 3. The predicted molar refractivity (Wildman–Crippen MR) is 56.9 cm³/mol. The van der Waals surface area contributed by atoms with E-state index in [-0.39, 0.29) is 6.04 Å². The molecule has 3 N–H and O–H groups in total. The Morgan fingerprint density at radius 2 is 1.93 bits per heavy atom. The summed E-state index contributed by atoms with van der Waals surface area (Å²) < 4.78 is 0. The molecule has 3 unspecified atom stereocenters. The van der Waals surface area contributed by atoms with Crippen molar-refractivity contribution in [1.82, 2.24) is 4.90 Å². The van der Waals surface area contributed by atoms with Gasteiger partial charge in [0.2, 0.25) is 0 Å². The average molecular weight is 198 g/mol. The largest absolute Gasteiger partial charge is 0.396 e. The van der Waals surface area contributed by atoms with Crippen LogP contribution in [0.25, 0.3) is 0 Å². The lowest BCUT2D eigenvalue weighted by Gasteiger charge is -2.37. The first-order chi connectivity index (χ1) is 6.70. The summed E-state index contributed by atoms with van der Waals surface area (Å²) >= 11 is 0. The molecule has 2 rings (SSSR count). The highest BCUT2D eigenvalue weighted by molar-refractivity contribution is 4.92. The van der Waals surface area contributed by atoms with Crippen molar-refractivity contribution in [3.05, 3.63) is 0 Å². The van der Waals surface area contributed by atoms with Crippen molar-refractivity contribution in [2.75, 3.05) is 26.2 Å². The Kier molecular flexibility index (Phi) is 3.10. The number of nitrogens with zero attached hydrogens (tertiary/aromatic N) is 1. The van der Waals surface area contributed by atoms with E-state index in [0.29, 0.717) is 12.5 Å². The summed E-state index contributed by atoms with van der Waals surface area (Å²) in [5.41, 5.74) is 5.81. The van der Waals surface area contributed by atoms with Crippen molar-refractivity contribution in [1.29, 1.82) is 0 Å². The number of fused-ring (bicyclic) bond motifs is 2. The summed E-state index contributed by atoms with van der Waals surface area (Å²) in [7, 11) is 0. The van der Waals surface area contributed by atoms with Gasteiger partial charge in [-0.1, -0.05) is 0 Å². The van der Waals surface area contributed by atoms with Gasteiger partial charge in [0, 0.05) is 32.3 Å². The zero-order valence-electron chi connectivity index (χ0n) is 9.02. The van der Waals surface area contributed by atoms with Crippen LogP contribution >= 0.6 is 0 Å². The van der Waals surface area contributed by atoms with Gasteiger partial charge in [0.25, 0.3) is 0 Å². The van der Waals surface area contributed by atoms with Gasteiger partial charge in [-0.05, 0) is 37.5 Å². The molecule has 0 amide bonds. The van der Waals surface area contributed by atoms with Crippen LogP contribution in [0.5, 0.6) is 0 Å². The fraction of sp³-hybridized carbons (Fsp3) is 1.00. The third kappa shape index (κ3) is 1.95. The number of likely N-dealkylation sites (tertiary alicyclic amines) is 1. The third-order valence-electron chi connectivity index (χ3n) is 3.86. The van der Waals surface area contributed by atoms with Crippen LogP contribution in [0.2, 0.25) is 0 Å². The van der Waals surface area contributed by atoms with Gasteiger partial charge >= 0.3 is 0 Å². The van der Waals surface area contributed by atoms with Crippen LogP contribution in [0.15, 0.2) is 0 Å². The maximum atomic E-state index is 9.30. The molecule has 2 aliphatic rings. The summed E-state index contributed by atoms with van der Waals surface area (Å²) in [5, 5.41) is 9.30. The summed E-state index contributed by atoms with van der Waals surface area (Å²) in [6.45, 7) is 5.79. The first-order valence-electron chi connectivity index (χ1n) is 5.79. The molecular weight excluding hydrogens is 176 g/mol. The highest BCUT2D eigenvalue weighted by Gasteiger charge is 2.41. The lowest BCUT2D eigenvalue weighted by atomic mass is 9.86. The van der Waals surface area contributed by atoms with E-state index >= 15 is 0 Å². The number of hydrogen-bond donors (Lipinski definition) is 2. The second kappa shape index (κ2) is 4.17. The quantitative estimate of drug-likeness (QED) is 0.685. The Morgan fingerprint density at radius 3 is 2.36 bits per heavy atom. The first kappa shape index (κ1) is 10.4. The van der Waals surface area contributed by atoms with Crippen LogP contribution in [-0.4, -0.2) is 42.3 Å². The molecule has 0 aromatic carbocycles. The second-order valence-corrected chi connectivity index (χ2v) is 5.14. The lowest BCUT2D eigenvalue weighted by molar-refractivity contribution is 0.0643. The molecule has 3 atom stereocenters. The molecule has 0 radical (unpaired) electrons. The molecule has 0 spiro atoms. The second-order valence-electron chi connectivity index (χ2n) is 5.14. The van der Waals surface area contributed by atoms with Crippen LogP contribution in [0.4, 0.5) is 0 Å². The molecule has 1 saturated carbocycles. The molecule has 2 bridgehead atoms. The Hall–Kier alpha value is -0.120. The summed E-state index contributed by atoms with van der Waals surface area (Å²) in [6.07, 6.45) is 2.62. The van der Waals surface area contributed by atoms with Gasteiger partial charge in [0.1, 0.15) is 0 Å². The maximum absolute atomic E-state index is 9.30. The van der Waals surface area contributed by atoms with Crippen LogP contribution in [0.1, 0.15) is 19.8 Å². The van der Waals surface area contributed by atoms with Crippen molar-refractivity contribution in [2.45, 2.75) is 25.8 Å². The summed E-state index contributed by atoms with van der Waals surface area (Å²) in [5.74, 6) is 2.05. The number of aliphatic hydroxyl groups is 1.